The summed E-state index contributed by atoms with van der Waals surface area (Å²) in [7, 11) is 1.67. The number of likely N-dealkylation sites (tertiary alicyclic amines) is 1. The highest BCUT2D eigenvalue weighted by Gasteiger charge is 2.26. The summed E-state index contributed by atoms with van der Waals surface area (Å²) in [5.74, 6) is 1.28. The average Bonchev–Trinajstić information content (AvgIpc) is 3.14. The first-order valence-corrected chi connectivity index (χ1v) is 10.0. The fourth-order valence-corrected chi connectivity index (χ4v) is 3.64. The first kappa shape index (κ1) is 20.0. The van der Waals surface area contributed by atoms with Crippen LogP contribution >= 0.6 is 15.9 Å². The van der Waals surface area contributed by atoms with Crippen LogP contribution < -0.4 is 5.32 Å². The number of piperidine rings is 1. The van der Waals surface area contributed by atoms with E-state index in [0.717, 1.165) is 35.8 Å². The fourth-order valence-electron chi connectivity index (χ4n) is 3.24. The highest BCUT2D eigenvalue weighted by Crippen LogP contribution is 2.22. The van der Waals surface area contributed by atoms with E-state index >= 15 is 0 Å². The van der Waals surface area contributed by atoms with Crippen LogP contribution in [0.1, 0.15) is 25.2 Å². The Hall–Kier alpha value is -1.77. The third-order valence-corrected chi connectivity index (χ3v) is 5.10. The van der Waals surface area contributed by atoms with Crippen molar-refractivity contribution in [3.63, 3.8) is 0 Å². The van der Waals surface area contributed by atoms with Gasteiger partial charge < -0.3 is 14.6 Å². The Balaban J connectivity index is 1.53. The van der Waals surface area contributed by atoms with Crippen molar-refractivity contribution in [2.75, 3.05) is 33.4 Å². The Bertz CT molecular complexity index is 752. The molecule has 0 bridgehead atoms. The number of hydrogen-bond acceptors (Lipinski definition) is 6. The molecule has 1 saturated heterocycles. The highest BCUT2D eigenvalue weighted by atomic mass is 79.9. The Morgan fingerprint density at radius 2 is 2.37 bits per heavy atom. The summed E-state index contributed by atoms with van der Waals surface area (Å²) < 4.78 is 11.4. The molecule has 0 aliphatic carbocycles. The van der Waals surface area contributed by atoms with Gasteiger partial charge in [-0.25, -0.2) is 0 Å². The monoisotopic (exact) mass is 436 g/mol. The van der Waals surface area contributed by atoms with Crippen molar-refractivity contribution in [3.05, 3.63) is 34.6 Å². The number of nitrogens with one attached hydrogen (secondary N) is 1. The van der Waals surface area contributed by atoms with Gasteiger partial charge in [-0.05, 0) is 37.9 Å². The normalized spacial score (nSPS) is 17.8. The van der Waals surface area contributed by atoms with E-state index in [9.17, 15) is 4.79 Å². The zero-order valence-electron chi connectivity index (χ0n) is 15.5. The number of hydrogen-bond donors (Lipinski definition) is 1. The van der Waals surface area contributed by atoms with Gasteiger partial charge in [-0.2, -0.15) is 4.98 Å². The van der Waals surface area contributed by atoms with Gasteiger partial charge in [-0.1, -0.05) is 33.2 Å². The molecule has 1 unspecified atom stereocenters. The van der Waals surface area contributed by atoms with Crippen LogP contribution in [0.4, 0.5) is 0 Å². The molecule has 1 aromatic heterocycles. The Kier molecular flexibility index (Phi) is 7.37. The zero-order chi connectivity index (χ0) is 19.1. The molecular weight excluding hydrogens is 412 g/mol. The molecule has 3 rings (SSSR count). The second kappa shape index (κ2) is 9.96. The summed E-state index contributed by atoms with van der Waals surface area (Å²) in [4.78, 5) is 19.1. The number of amides is 1. The summed E-state index contributed by atoms with van der Waals surface area (Å²) in [6.07, 6.45) is 2.74. The van der Waals surface area contributed by atoms with Gasteiger partial charge in [0.05, 0.1) is 12.5 Å². The molecule has 1 aliphatic heterocycles. The molecule has 0 saturated carbocycles. The van der Waals surface area contributed by atoms with Crippen LogP contribution in [0.2, 0.25) is 0 Å². The van der Waals surface area contributed by atoms with Crippen LogP contribution in [0.15, 0.2) is 33.3 Å². The van der Waals surface area contributed by atoms with Crippen LogP contribution in [0.5, 0.6) is 0 Å². The second-order valence-electron chi connectivity index (χ2n) is 6.73. The van der Waals surface area contributed by atoms with E-state index in [2.05, 4.69) is 36.3 Å². The van der Waals surface area contributed by atoms with Crippen molar-refractivity contribution in [2.24, 2.45) is 5.92 Å². The standard InChI is InChI=1S/C19H25BrN4O3/c1-26-10-4-8-21-19(25)15-6-3-9-24(12-15)13-17-22-18(23-27-17)14-5-2-7-16(20)11-14/h2,5,7,11,15H,3-4,6,8-10,12-13H2,1H3,(H,21,25). The largest absolute Gasteiger partial charge is 0.385 e. The maximum Gasteiger partial charge on any atom is 0.241 e. The molecule has 0 radical (unpaired) electrons. The van der Waals surface area contributed by atoms with Gasteiger partial charge in [0.1, 0.15) is 0 Å². The van der Waals surface area contributed by atoms with E-state index in [0.29, 0.717) is 38.0 Å². The van der Waals surface area contributed by atoms with Crippen LogP contribution in [0.25, 0.3) is 11.4 Å². The van der Waals surface area contributed by atoms with E-state index < -0.39 is 0 Å². The lowest BCUT2D eigenvalue weighted by molar-refractivity contribution is -0.126. The van der Waals surface area contributed by atoms with Crippen molar-refractivity contribution >= 4 is 21.8 Å². The second-order valence-corrected chi connectivity index (χ2v) is 7.65. The van der Waals surface area contributed by atoms with Crippen LogP contribution in [0.3, 0.4) is 0 Å². The van der Waals surface area contributed by atoms with Gasteiger partial charge in [0, 0.05) is 36.8 Å². The molecule has 0 spiro atoms. The van der Waals surface area contributed by atoms with Crippen molar-refractivity contribution in [3.8, 4) is 11.4 Å². The van der Waals surface area contributed by atoms with E-state index in [-0.39, 0.29) is 11.8 Å². The molecule has 1 aromatic carbocycles. The van der Waals surface area contributed by atoms with Gasteiger partial charge in [0.25, 0.3) is 0 Å². The van der Waals surface area contributed by atoms with Crippen molar-refractivity contribution in [1.82, 2.24) is 20.4 Å². The lowest BCUT2D eigenvalue weighted by atomic mass is 9.97. The van der Waals surface area contributed by atoms with E-state index in [4.69, 9.17) is 9.26 Å². The first-order valence-electron chi connectivity index (χ1n) is 9.23. The summed E-state index contributed by atoms with van der Waals surface area (Å²) in [5.41, 5.74) is 0.909. The summed E-state index contributed by atoms with van der Waals surface area (Å²) in [5, 5.41) is 7.08. The lowest BCUT2D eigenvalue weighted by Gasteiger charge is -2.30. The number of rotatable bonds is 8. The Labute approximate surface area is 167 Å². The first-order chi connectivity index (χ1) is 13.2. The Morgan fingerprint density at radius 1 is 1.48 bits per heavy atom. The minimum absolute atomic E-state index is 0.00812. The smallest absolute Gasteiger partial charge is 0.241 e. The lowest BCUT2D eigenvalue weighted by Crippen LogP contribution is -2.43. The molecular formula is C19H25BrN4O3. The Morgan fingerprint density at radius 3 is 3.19 bits per heavy atom. The van der Waals surface area contributed by atoms with Gasteiger partial charge in [0.2, 0.25) is 17.6 Å². The predicted octanol–water partition coefficient (Wildman–Crippen LogP) is 2.86. The van der Waals surface area contributed by atoms with Crippen molar-refractivity contribution in [2.45, 2.75) is 25.8 Å². The van der Waals surface area contributed by atoms with Crippen LogP contribution in [0, 0.1) is 5.92 Å². The van der Waals surface area contributed by atoms with E-state index in [1.165, 1.54) is 0 Å². The van der Waals surface area contributed by atoms with Crippen LogP contribution in [-0.2, 0) is 16.1 Å². The number of halogens is 1. The topological polar surface area (TPSA) is 80.5 Å². The van der Waals surface area contributed by atoms with Gasteiger partial charge >= 0.3 is 0 Å². The molecule has 7 nitrogen and oxygen atoms in total. The minimum atomic E-state index is 0.00812. The van der Waals surface area contributed by atoms with Crippen molar-refractivity contribution < 1.29 is 14.1 Å². The highest BCUT2D eigenvalue weighted by molar-refractivity contribution is 9.10. The number of carbonyl (C=O) groups excluding carboxylic acids is 1. The molecule has 1 N–H and O–H groups in total. The molecule has 1 fully saturated rings. The molecule has 1 amide bonds. The number of methoxy groups -OCH3 is 1. The van der Waals surface area contributed by atoms with Crippen molar-refractivity contribution in [1.29, 1.82) is 0 Å². The molecule has 2 heterocycles. The number of carbonyl (C=O) groups is 1. The van der Waals surface area contributed by atoms with E-state index in [1.54, 1.807) is 7.11 Å². The SMILES string of the molecule is COCCCNC(=O)C1CCCN(Cc2nc(-c3cccc(Br)c3)no2)C1. The minimum Gasteiger partial charge on any atom is -0.385 e. The predicted molar refractivity (Wildman–Crippen MR) is 105 cm³/mol. The molecule has 1 aliphatic rings. The quantitative estimate of drug-likeness (QED) is 0.640. The van der Waals surface area contributed by atoms with Gasteiger partial charge in [-0.15, -0.1) is 0 Å². The average molecular weight is 437 g/mol. The number of benzene rings is 1. The fraction of sp³-hybridized carbons (Fsp3) is 0.526. The summed E-state index contributed by atoms with van der Waals surface area (Å²) in [6, 6.07) is 7.80. The van der Waals surface area contributed by atoms with E-state index in [1.807, 2.05) is 24.3 Å². The summed E-state index contributed by atoms with van der Waals surface area (Å²) in [6.45, 7) is 3.53. The maximum atomic E-state index is 12.3. The van der Waals surface area contributed by atoms with Gasteiger partial charge in [-0.3, -0.25) is 9.69 Å². The van der Waals surface area contributed by atoms with Crippen LogP contribution in [-0.4, -0.2) is 54.3 Å². The number of nitrogens with zero attached hydrogens (tertiary/aromatic N) is 3. The summed E-state index contributed by atoms with van der Waals surface area (Å²) >= 11 is 3.45. The number of ether oxygens (including phenoxy) is 1. The third-order valence-electron chi connectivity index (χ3n) is 4.61. The molecule has 8 heteroatoms. The van der Waals surface area contributed by atoms with Gasteiger partial charge in [0.15, 0.2) is 0 Å². The molecule has 2 aromatic rings. The molecule has 27 heavy (non-hydrogen) atoms. The maximum absolute atomic E-state index is 12.3. The zero-order valence-corrected chi connectivity index (χ0v) is 17.1. The molecule has 1 atom stereocenters. The third kappa shape index (κ3) is 5.85. The number of aromatic nitrogens is 2. The molecule has 146 valence electrons.